The van der Waals surface area contributed by atoms with Crippen LogP contribution in [0.4, 0.5) is 23.3 Å². The molecule has 0 atom stereocenters. The van der Waals surface area contributed by atoms with E-state index in [0.29, 0.717) is 42.8 Å². The summed E-state index contributed by atoms with van der Waals surface area (Å²) in [6, 6.07) is 9.37. The molecule has 13 heteroatoms. The van der Waals surface area contributed by atoms with Crippen LogP contribution in [0.2, 0.25) is 0 Å². The summed E-state index contributed by atoms with van der Waals surface area (Å²) in [6.07, 6.45) is 5.56. The van der Waals surface area contributed by atoms with Crippen LogP contribution in [0.15, 0.2) is 55.4 Å². The van der Waals surface area contributed by atoms with Crippen molar-refractivity contribution in [2.24, 2.45) is 0 Å². The van der Waals surface area contributed by atoms with Gasteiger partial charge in [-0.05, 0) is 42.3 Å². The number of sulfonamides is 1. The summed E-state index contributed by atoms with van der Waals surface area (Å²) in [7, 11) is -0.431. The second-order valence-corrected chi connectivity index (χ2v) is 11.6. The molecule has 4 rings (SSSR count). The third-order valence-electron chi connectivity index (χ3n) is 6.54. The number of hydrogen-bond acceptors (Lipinski definition) is 9. The minimum Gasteiger partial charge on any atom is -0.365 e. The molecule has 0 fully saturated rings. The molecule has 0 bridgehead atoms. The molecule has 2 amide bonds. The molecule has 40 heavy (non-hydrogen) atoms. The zero-order valence-electron chi connectivity index (χ0n) is 22.9. The fourth-order valence-electron chi connectivity index (χ4n) is 4.18. The lowest BCUT2D eigenvalue weighted by molar-refractivity contribution is -0.137. The summed E-state index contributed by atoms with van der Waals surface area (Å²) in [5.74, 6) is 0.868. The van der Waals surface area contributed by atoms with E-state index >= 15 is 0 Å². The molecule has 3 aromatic rings. The molecule has 0 saturated carbocycles. The molecule has 2 N–H and O–H groups in total. The highest BCUT2D eigenvalue weighted by atomic mass is 32.2. The third-order valence-corrected chi connectivity index (χ3v) is 7.71. The highest BCUT2D eigenvalue weighted by Gasteiger charge is 2.25. The lowest BCUT2D eigenvalue weighted by Gasteiger charge is -2.20. The number of aryl methyl sites for hydroxylation is 1. The van der Waals surface area contributed by atoms with E-state index in [0.717, 1.165) is 32.9 Å². The second kappa shape index (κ2) is 11.7. The van der Waals surface area contributed by atoms with Crippen LogP contribution in [0.3, 0.4) is 0 Å². The number of fused-ring (bicyclic) bond motifs is 1. The fourth-order valence-corrected chi connectivity index (χ4v) is 4.66. The summed E-state index contributed by atoms with van der Waals surface area (Å²) in [5.41, 5.74) is 4.32. The molecular weight excluding hydrogens is 532 g/mol. The molecular formula is C27H32N8O4S. The van der Waals surface area contributed by atoms with Crippen molar-refractivity contribution in [2.75, 3.05) is 41.8 Å². The first kappa shape index (κ1) is 28.5. The Kier molecular flexibility index (Phi) is 8.33. The Morgan fingerprint density at radius 3 is 2.62 bits per heavy atom. The van der Waals surface area contributed by atoms with E-state index < -0.39 is 10.0 Å². The first-order valence-corrected chi connectivity index (χ1v) is 14.3. The molecule has 3 heterocycles. The molecule has 1 aromatic carbocycles. The largest absolute Gasteiger partial charge is 0.365 e. The van der Waals surface area contributed by atoms with Crippen LogP contribution in [0.25, 0.3) is 0 Å². The zero-order valence-corrected chi connectivity index (χ0v) is 23.7. The van der Waals surface area contributed by atoms with E-state index in [1.54, 1.807) is 36.5 Å². The van der Waals surface area contributed by atoms with Gasteiger partial charge in [-0.25, -0.2) is 18.4 Å². The van der Waals surface area contributed by atoms with Gasteiger partial charge in [-0.2, -0.15) is 4.98 Å². The van der Waals surface area contributed by atoms with E-state index in [2.05, 4.69) is 32.2 Å². The number of amides is 2. The van der Waals surface area contributed by atoms with Gasteiger partial charge >= 0.3 is 0 Å². The molecule has 2 aromatic heterocycles. The minimum atomic E-state index is -3.47. The van der Waals surface area contributed by atoms with E-state index in [4.69, 9.17) is 0 Å². The van der Waals surface area contributed by atoms with Crippen LogP contribution < -0.4 is 14.9 Å². The average Bonchev–Trinajstić information content (AvgIpc) is 3.36. The number of likely N-dealkylation sites (N-methyl/N-ethyl adjacent to an activating group) is 1. The van der Waals surface area contributed by atoms with Crippen molar-refractivity contribution in [3.05, 3.63) is 77.6 Å². The van der Waals surface area contributed by atoms with Crippen molar-refractivity contribution in [3.63, 3.8) is 0 Å². The number of carbonyl (C=O) groups excluding carboxylic acids is 2. The maximum absolute atomic E-state index is 12.7. The van der Waals surface area contributed by atoms with Crippen LogP contribution in [0.1, 0.15) is 22.3 Å². The maximum Gasteiger partial charge on any atom is 0.246 e. The van der Waals surface area contributed by atoms with Crippen LogP contribution in [-0.2, 0) is 39.2 Å². The molecule has 0 radical (unpaired) electrons. The number of anilines is 4. The number of benzene rings is 1. The topological polar surface area (TPSA) is 141 Å². The number of nitrogens with one attached hydrogen (secondary N) is 2. The first-order valence-electron chi connectivity index (χ1n) is 12.5. The number of pyridine rings is 1. The quantitative estimate of drug-likeness (QED) is 0.355. The average molecular weight is 565 g/mol. The number of aromatic nitrogens is 3. The van der Waals surface area contributed by atoms with Crippen LogP contribution in [0, 0.1) is 6.92 Å². The lowest BCUT2D eigenvalue weighted by atomic mass is 10.1. The number of nitrogens with zero attached hydrogens (tertiary/aromatic N) is 6. The zero-order chi connectivity index (χ0) is 29.0. The molecule has 0 spiro atoms. The highest BCUT2D eigenvalue weighted by Crippen LogP contribution is 2.27. The van der Waals surface area contributed by atoms with Crippen molar-refractivity contribution >= 4 is 45.1 Å². The summed E-state index contributed by atoms with van der Waals surface area (Å²) < 4.78 is 25.2. The van der Waals surface area contributed by atoms with Crippen molar-refractivity contribution < 1.29 is 18.0 Å². The second-order valence-electron chi connectivity index (χ2n) is 9.55. The summed E-state index contributed by atoms with van der Waals surface area (Å²) in [5, 5.41) is 6.48. The standard InChI is InChI=1S/C27H32N8O4S/c1-6-23(36)33(3)17-24(37)35-15-20-9-10-22(12-21(20)16-35)31-27-30-13-18(2)25(32-27)29-14-19-8-7-11-28-26(19)34(4)40(5,38)39/h6-13H,1,14-17H2,2-5H3,(H2,29,30,31,32). The highest BCUT2D eigenvalue weighted by molar-refractivity contribution is 7.92. The number of rotatable bonds is 10. The van der Waals surface area contributed by atoms with Gasteiger partial charge in [0.1, 0.15) is 11.6 Å². The van der Waals surface area contributed by atoms with Crippen molar-refractivity contribution in [1.82, 2.24) is 24.8 Å². The van der Waals surface area contributed by atoms with Crippen LogP contribution in [-0.4, -0.2) is 71.9 Å². The van der Waals surface area contributed by atoms with E-state index in [-0.39, 0.29) is 18.4 Å². The maximum atomic E-state index is 12.7. The van der Waals surface area contributed by atoms with Gasteiger partial charge in [-0.15, -0.1) is 0 Å². The summed E-state index contributed by atoms with van der Waals surface area (Å²) in [6.45, 7) is 6.54. The summed E-state index contributed by atoms with van der Waals surface area (Å²) in [4.78, 5) is 40.7. The molecule has 0 saturated heterocycles. The SMILES string of the molecule is C=CC(=O)N(C)CC(=O)N1Cc2ccc(Nc3ncc(C)c(NCc4cccnc4N(C)S(C)(=O)=O)n3)cc2C1. The summed E-state index contributed by atoms with van der Waals surface area (Å²) >= 11 is 0. The monoisotopic (exact) mass is 564 g/mol. The smallest absolute Gasteiger partial charge is 0.246 e. The van der Waals surface area contributed by atoms with Crippen molar-refractivity contribution in [3.8, 4) is 0 Å². The predicted octanol–water partition coefficient (Wildman–Crippen LogP) is 2.42. The predicted molar refractivity (Wildman–Crippen MR) is 153 cm³/mol. The Morgan fingerprint density at radius 2 is 1.90 bits per heavy atom. The minimum absolute atomic E-state index is 0.0119. The third kappa shape index (κ3) is 6.54. The molecule has 12 nitrogen and oxygen atoms in total. The normalized spacial score (nSPS) is 12.4. The van der Waals surface area contributed by atoms with Crippen molar-refractivity contribution in [2.45, 2.75) is 26.6 Å². The van der Waals surface area contributed by atoms with Gasteiger partial charge in [0.2, 0.25) is 27.8 Å². The van der Waals surface area contributed by atoms with Gasteiger partial charge in [-0.1, -0.05) is 18.7 Å². The first-order chi connectivity index (χ1) is 19.0. The lowest BCUT2D eigenvalue weighted by Crippen LogP contribution is -2.38. The number of carbonyl (C=O) groups is 2. The Hall–Kier alpha value is -4.52. The van der Waals surface area contributed by atoms with Crippen LogP contribution in [0.5, 0.6) is 0 Å². The van der Waals surface area contributed by atoms with E-state index in [1.807, 2.05) is 25.1 Å². The van der Waals surface area contributed by atoms with Gasteiger partial charge < -0.3 is 20.4 Å². The van der Waals surface area contributed by atoms with Crippen molar-refractivity contribution in [1.29, 1.82) is 0 Å². The van der Waals surface area contributed by atoms with Gasteiger partial charge in [-0.3, -0.25) is 13.9 Å². The fraction of sp³-hybridized carbons (Fsp3) is 0.296. The Morgan fingerprint density at radius 1 is 1.15 bits per heavy atom. The molecule has 1 aliphatic rings. The molecule has 1 aliphatic heterocycles. The Bertz CT molecular complexity index is 1560. The Balaban J connectivity index is 1.43. The molecule has 0 aliphatic carbocycles. The Labute approximate surface area is 233 Å². The van der Waals surface area contributed by atoms with E-state index in [1.165, 1.54) is 18.0 Å². The number of hydrogen-bond donors (Lipinski definition) is 2. The molecule has 210 valence electrons. The van der Waals surface area contributed by atoms with Gasteiger partial charge in [0.05, 0.1) is 12.8 Å². The van der Waals surface area contributed by atoms with Crippen LogP contribution >= 0.6 is 0 Å². The van der Waals surface area contributed by atoms with E-state index in [9.17, 15) is 18.0 Å². The van der Waals surface area contributed by atoms with Gasteiger partial charge in [0.15, 0.2) is 0 Å². The molecule has 0 unspecified atom stereocenters. The van der Waals surface area contributed by atoms with Gasteiger partial charge in [0.25, 0.3) is 0 Å². The van der Waals surface area contributed by atoms with Gasteiger partial charge in [0, 0.05) is 62.9 Å².